The second-order valence-electron chi connectivity index (χ2n) is 5.45. The van der Waals surface area contributed by atoms with Gasteiger partial charge in [-0.2, -0.15) is 0 Å². The molecule has 0 nitrogen and oxygen atoms in total. The van der Waals surface area contributed by atoms with Gasteiger partial charge in [-0.1, -0.05) is 46.5 Å². The van der Waals surface area contributed by atoms with E-state index in [-0.39, 0.29) is 0 Å². The van der Waals surface area contributed by atoms with Crippen molar-refractivity contribution in [1.82, 2.24) is 0 Å². The molecular weight excluding hydrogens is 345 g/mol. The summed E-state index contributed by atoms with van der Waals surface area (Å²) in [5.41, 5.74) is 0. The van der Waals surface area contributed by atoms with E-state index in [2.05, 4.69) is 20.8 Å². The molecule has 0 aromatic heterocycles. The summed E-state index contributed by atoms with van der Waals surface area (Å²) < 4.78 is 59.2. The third-order valence-electron chi connectivity index (χ3n) is 2.77. The van der Waals surface area contributed by atoms with Crippen LogP contribution in [0.4, 0.5) is 25.2 Å². The van der Waals surface area contributed by atoms with Gasteiger partial charge in [-0.25, -0.2) is 0 Å². The van der Waals surface area contributed by atoms with Crippen molar-refractivity contribution in [2.24, 2.45) is 0 Å². The Bertz CT molecular complexity index is 246. The monoisotopic (exact) mass is 376 g/mol. The molecule has 0 bridgehead atoms. The Balaban J connectivity index is 0. The molecule has 140 valence electrons. The van der Waals surface area contributed by atoms with E-state index in [4.69, 9.17) is 0 Å². The van der Waals surface area contributed by atoms with Crippen molar-refractivity contribution in [1.29, 1.82) is 0 Å². The molecule has 0 aliphatic heterocycles. The van der Waals surface area contributed by atoms with Gasteiger partial charge in [0.15, 0.2) is 0 Å². The third-order valence-corrected chi connectivity index (χ3v) is 5.61. The van der Waals surface area contributed by atoms with Crippen molar-refractivity contribution in [3.8, 4) is 0 Å². The van der Waals surface area contributed by atoms with Gasteiger partial charge < -0.3 is 0 Å². The number of halogens is 6. The molecule has 0 saturated heterocycles. The molecule has 0 heterocycles. The maximum atomic E-state index is 9.87. The van der Waals surface area contributed by atoms with Crippen LogP contribution in [-0.2, 0) is 10.9 Å². The van der Waals surface area contributed by atoms with Crippen LogP contribution in [0.3, 0.4) is 0 Å². The summed E-state index contributed by atoms with van der Waals surface area (Å²) in [5.74, 6) is 4.50. The van der Waals surface area contributed by atoms with E-state index >= 15 is 0 Å². The molecular formula is C14H31F6PS. The first kappa shape index (κ1) is 24.6. The Morgan fingerprint density at radius 2 is 0.909 bits per heavy atom. The number of hydrogen-bond acceptors (Lipinski definition) is 0. The van der Waals surface area contributed by atoms with Gasteiger partial charge in [0.05, 0.1) is 0 Å². The molecule has 0 radical (unpaired) electrons. The van der Waals surface area contributed by atoms with E-state index in [0.29, 0.717) is 0 Å². The predicted molar refractivity (Wildman–Crippen MR) is 89.5 cm³/mol. The van der Waals surface area contributed by atoms with Crippen LogP contribution in [0.5, 0.6) is 0 Å². The first-order valence-corrected chi connectivity index (χ1v) is 11.8. The van der Waals surface area contributed by atoms with Crippen molar-refractivity contribution < 1.29 is 25.2 Å². The minimum absolute atomic E-state index is 0.768. The zero-order chi connectivity index (χ0) is 17.8. The first-order valence-electron chi connectivity index (χ1n) is 8.00. The van der Waals surface area contributed by atoms with E-state index in [1.807, 2.05) is 0 Å². The molecule has 22 heavy (non-hydrogen) atoms. The van der Waals surface area contributed by atoms with Crippen LogP contribution in [0.15, 0.2) is 0 Å². The summed E-state index contributed by atoms with van der Waals surface area (Å²) in [6.45, 7) is 6.95. The van der Waals surface area contributed by atoms with E-state index in [1.165, 1.54) is 68.6 Å². The maximum absolute atomic E-state index is 10.7. The predicted octanol–water partition coefficient (Wildman–Crippen LogP) is 8.17. The average molecular weight is 376 g/mol. The van der Waals surface area contributed by atoms with Crippen LogP contribution >= 0.6 is 7.81 Å². The summed E-state index contributed by atoms with van der Waals surface area (Å²) in [4.78, 5) is 0. The van der Waals surface area contributed by atoms with E-state index < -0.39 is 7.81 Å². The Hall–Kier alpha value is 0.360. The summed E-state index contributed by atoms with van der Waals surface area (Å²) >= 11 is 0. The topological polar surface area (TPSA) is 0 Å². The van der Waals surface area contributed by atoms with Gasteiger partial charge in [0.2, 0.25) is 0 Å². The van der Waals surface area contributed by atoms with Crippen LogP contribution in [0.25, 0.3) is 0 Å². The van der Waals surface area contributed by atoms with E-state index in [0.717, 1.165) is 10.9 Å². The normalized spacial score (nSPS) is 15.0. The number of hydrogen-bond donors (Lipinski definition) is 0. The van der Waals surface area contributed by atoms with E-state index in [1.54, 1.807) is 0 Å². The fourth-order valence-electron chi connectivity index (χ4n) is 1.97. The average Bonchev–Trinajstić information content (AvgIpc) is 2.30. The Morgan fingerprint density at radius 1 is 0.545 bits per heavy atom. The third kappa shape index (κ3) is 37.0. The van der Waals surface area contributed by atoms with Gasteiger partial charge in [0, 0.05) is 0 Å². The zero-order valence-corrected chi connectivity index (χ0v) is 15.6. The standard InChI is InChI=1S/C14H31S.F6P/c1-4-7-8-9-10-11-14-15(12-5-2)13-6-3;1-7(2,3,4,5)6/h4-14H2,1-3H3;/q+1;-1. The molecule has 0 aromatic carbocycles. The van der Waals surface area contributed by atoms with Crippen molar-refractivity contribution in [3.63, 3.8) is 0 Å². The molecule has 0 aliphatic carbocycles. The van der Waals surface area contributed by atoms with Crippen LogP contribution in [0.1, 0.15) is 72.1 Å². The molecule has 0 aromatic rings. The fourth-order valence-corrected chi connectivity index (χ4v) is 4.35. The summed E-state index contributed by atoms with van der Waals surface area (Å²) in [6.07, 6.45) is 11.5. The SMILES string of the molecule is CCCCCCCC[S+](CCC)CCC.F[P-](F)(F)(F)(F)F. The molecule has 0 unspecified atom stereocenters. The molecule has 0 fully saturated rings. The molecule has 8 heteroatoms. The quantitative estimate of drug-likeness (QED) is 0.148. The fraction of sp³-hybridized carbons (Fsp3) is 1.00. The summed E-state index contributed by atoms with van der Waals surface area (Å²) in [5, 5.41) is 0. The van der Waals surface area contributed by atoms with Gasteiger partial charge in [-0.15, -0.1) is 0 Å². The minimum atomic E-state index is -10.7. The van der Waals surface area contributed by atoms with Crippen LogP contribution in [0.2, 0.25) is 0 Å². The molecule has 0 N–H and O–H groups in total. The van der Waals surface area contributed by atoms with Gasteiger partial charge in [-0.3, -0.25) is 0 Å². The van der Waals surface area contributed by atoms with E-state index in [9.17, 15) is 25.2 Å². The van der Waals surface area contributed by atoms with Gasteiger partial charge >= 0.3 is 33.0 Å². The molecule has 0 spiro atoms. The molecule has 0 amide bonds. The first-order chi connectivity index (χ1) is 9.80. The Morgan fingerprint density at radius 3 is 1.27 bits per heavy atom. The number of unbranched alkanes of at least 4 members (excludes halogenated alkanes) is 5. The second kappa shape index (κ2) is 10.3. The van der Waals surface area contributed by atoms with Crippen molar-refractivity contribution in [2.45, 2.75) is 72.1 Å². The van der Waals surface area contributed by atoms with Gasteiger partial charge in [0.25, 0.3) is 0 Å². The van der Waals surface area contributed by atoms with Crippen molar-refractivity contribution in [2.75, 3.05) is 17.3 Å². The molecule has 0 rings (SSSR count). The van der Waals surface area contributed by atoms with Crippen molar-refractivity contribution in [3.05, 3.63) is 0 Å². The van der Waals surface area contributed by atoms with Crippen LogP contribution in [-0.4, -0.2) is 17.3 Å². The van der Waals surface area contributed by atoms with Gasteiger partial charge in [0.1, 0.15) is 17.3 Å². The zero-order valence-electron chi connectivity index (χ0n) is 13.9. The molecule has 0 atom stereocenters. The second-order valence-corrected chi connectivity index (χ2v) is 9.82. The summed E-state index contributed by atoms with van der Waals surface area (Å²) in [7, 11) is -9.89. The molecule has 0 saturated carbocycles. The van der Waals surface area contributed by atoms with Gasteiger partial charge in [-0.05, 0) is 36.6 Å². The molecule has 0 aliphatic rings. The van der Waals surface area contributed by atoms with Crippen LogP contribution in [0, 0.1) is 0 Å². The van der Waals surface area contributed by atoms with Crippen molar-refractivity contribution >= 4 is 18.7 Å². The Labute approximate surface area is 134 Å². The number of rotatable bonds is 11. The Kier molecular flexibility index (Phi) is 11.5. The summed E-state index contributed by atoms with van der Waals surface area (Å²) in [6, 6.07) is 0. The van der Waals surface area contributed by atoms with Crippen LogP contribution < -0.4 is 0 Å².